The molecule has 0 aliphatic rings. The van der Waals surface area contributed by atoms with Crippen molar-refractivity contribution in [2.24, 2.45) is 0 Å². The number of amides is 1. The van der Waals surface area contributed by atoms with Crippen LogP contribution in [0.25, 0.3) is 0 Å². The van der Waals surface area contributed by atoms with Crippen molar-refractivity contribution in [1.29, 1.82) is 0 Å². The van der Waals surface area contributed by atoms with E-state index in [-0.39, 0.29) is 11.8 Å². The van der Waals surface area contributed by atoms with Gasteiger partial charge in [-0.05, 0) is 12.0 Å². The quantitative estimate of drug-likeness (QED) is 0.878. The van der Waals surface area contributed by atoms with E-state index in [9.17, 15) is 4.79 Å². The Kier molecular flexibility index (Phi) is 3.55. The number of hydrogen-bond donors (Lipinski definition) is 1. The summed E-state index contributed by atoms with van der Waals surface area (Å²) in [6.45, 7) is 1.99. The molecular formula is C13H14N2O2. The number of carbonyl (C=O) groups is 1. The lowest BCUT2D eigenvalue weighted by Gasteiger charge is -2.14. The third-order valence-electron chi connectivity index (χ3n) is 2.63. The summed E-state index contributed by atoms with van der Waals surface area (Å²) in [7, 11) is 0. The normalized spacial score (nSPS) is 12.1. The van der Waals surface area contributed by atoms with Gasteiger partial charge in [-0.3, -0.25) is 4.79 Å². The summed E-state index contributed by atoms with van der Waals surface area (Å²) >= 11 is 0. The summed E-state index contributed by atoms with van der Waals surface area (Å²) in [6.07, 6.45) is 3.65. The van der Waals surface area contributed by atoms with E-state index in [2.05, 4.69) is 15.0 Å². The molecule has 2 rings (SSSR count). The standard InChI is InChI=1S/C13H14N2O2/c1-2-12(10-6-4-3-5-7-10)13(16)15-11-8-14-17-9-11/h3-9,12H,2H2,1H3,(H,15,16). The molecule has 0 spiro atoms. The molecule has 1 amide bonds. The molecule has 1 unspecified atom stereocenters. The number of nitrogens with one attached hydrogen (secondary N) is 1. The van der Waals surface area contributed by atoms with E-state index in [0.29, 0.717) is 5.69 Å². The monoisotopic (exact) mass is 230 g/mol. The second-order valence-corrected chi connectivity index (χ2v) is 3.77. The van der Waals surface area contributed by atoms with E-state index in [0.717, 1.165) is 12.0 Å². The molecule has 0 saturated carbocycles. The van der Waals surface area contributed by atoms with Crippen molar-refractivity contribution in [2.45, 2.75) is 19.3 Å². The van der Waals surface area contributed by atoms with Crippen LogP contribution in [0.15, 0.2) is 47.3 Å². The van der Waals surface area contributed by atoms with Crippen molar-refractivity contribution in [3.05, 3.63) is 48.4 Å². The third-order valence-corrected chi connectivity index (χ3v) is 2.63. The third kappa shape index (κ3) is 2.72. The van der Waals surface area contributed by atoms with Crippen molar-refractivity contribution in [3.8, 4) is 0 Å². The van der Waals surface area contributed by atoms with Gasteiger partial charge in [-0.2, -0.15) is 0 Å². The number of nitrogens with zero attached hydrogens (tertiary/aromatic N) is 1. The fourth-order valence-electron chi connectivity index (χ4n) is 1.75. The summed E-state index contributed by atoms with van der Waals surface area (Å²) in [6, 6.07) is 9.73. The molecule has 1 N–H and O–H groups in total. The Bertz CT molecular complexity index is 465. The van der Waals surface area contributed by atoms with Crippen molar-refractivity contribution in [3.63, 3.8) is 0 Å². The average molecular weight is 230 g/mol. The molecule has 4 heteroatoms. The molecule has 1 aromatic heterocycles. The van der Waals surface area contributed by atoms with E-state index in [1.807, 2.05) is 37.3 Å². The van der Waals surface area contributed by atoms with Crippen LogP contribution in [0.5, 0.6) is 0 Å². The Morgan fingerprint density at radius 1 is 1.41 bits per heavy atom. The van der Waals surface area contributed by atoms with Gasteiger partial charge in [0.25, 0.3) is 0 Å². The number of carbonyl (C=O) groups excluding carboxylic acids is 1. The van der Waals surface area contributed by atoms with Gasteiger partial charge in [-0.25, -0.2) is 0 Å². The first-order valence-electron chi connectivity index (χ1n) is 5.56. The van der Waals surface area contributed by atoms with Crippen LogP contribution in [-0.2, 0) is 4.79 Å². The average Bonchev–Trinajstić information content (AvgIpc) is 2.84. The van der Waals surface area contributed by atoms with Crippen LogP contribution < -0.4 is 5.32 Å². The Morgan fingerprint density at radius 3 is 2.76 bits per heavy atom. The van der Waals surface area contributed by atoms with E-state index < -0.39 is 0 Å². The SMILES string of the molecule is CCC(C(=O)Nc1cnoc1)c1ccccc1. The molecule has 2 aromatic rings. The number of benzene rings is 1. The van der Waals surface area contributed by atoms with Gasteiger partial charge in [0.1, 0.15) is 12.0 Å². The van der Waals surface area contributed by atoms with Crippen LogP contribution in [0.4, 0.5) is 5.69 Å². The first kappa shape index (κ1) is 11.4. The fraction of sp³-hybridized carbons (Fsp3) is 0.231. The fourth-order valence-corrected chi connectivity index (χ4v) is 1.75. The molecule has 0 aliphatic carbocycles. The largest absolute Gasteiger partial charge is 0.363 e. The maximum absolute atomic E-state index is 12.1. The molecule has 88 valence electrons. The predicted molar refractivity (Wildman–Crippen MR) is 64.6 cm³/mol. The maximum Gasteiger partial charge on any atom is 0.232 e. The summed E-state index contributed by atoms with van der Waals surface area (Å²) in [5.41, 5.74) is 1.60. The summed E-state index contributed by atoms with van der Waals surface area (Å²) in [4.78, 5) is 12.1. The van der Waals surface area contributed by atoms with E-state index in [1.165, 1.54) is 12.5 Å². The summed E-state index contributed by atoms with van der Waals surface area (Å²) in [5.74, 6) is -0.187. The molecule has 4 nitrogen and oxygen atoms in total. The molecule has 1 aromatic carbocycles. The van der Waals surface area contributed by atoms with Gasteiger partial charge >= 0.3 is 0 Å². The number of anilines is 1. The van der Waals surface area contributed by atoms with E-state index in [1.54, 1.807) is 0 Å². The van der Waals surface area contributed by atoms with Gasteiger partial charge in [0.2, 0.25) is 5.91 Å². The van der Waals surface area contributed by atoms with Crippen LogP contribution >= 0.6 is 0 Å². The molecule has 0 radical (unpaired) electrons. The van der Waals surface area contributed by atoms with Crippen LogP contribution in [0.1, 0.15) is 24.8 Å². The van der Waals surface area contributed by atoms with Gasteiger partial charge in [0, 0.05) is 0 Å². The lowest BCUT2D eigenvalue weighted by Crippen LogP contribution is -2.20. The zero-order valence-corrected chi connectivity index (χ0v) is 9.59. The number of aromatic nitrogens is 1. The van der Waals surface area contributed by atoms with Gasteiger partial charge in [0.15, 0.2) is 0 Å². The second-order valence-electron chi connectivity index (χ2n) is 3.77. The van der Waals surface area contributed by atoms with Crippen LogP contribution in [-0.4, -0.2) is 11.1 Å². The summed E-state index contributed by atoms with van der Waals surface area (Å²) < 4.78 is 4.67. The van der Waals surface area contributed by atoms with E-state index >= 15 is 0 Å². The molecule has 1 heterocycles. The van der Waals surface area contributed by atoms with Crippen molar-refractivity contribution in [1.82, 2.24) is 5.16 Å². The first-order valence-corrected chi connectivity index (χ1v) is 5.56. The van der Waals surface area contributed by atoms with Gasteiger partial charge in [-0.15, -0.1) is 0 Å². The predicted octanol–water partition coefficient (Wildman–Crippen LogP) is 2.81. The lowest BCUT2D eigenvalue weighted by atomic mass is 9.96. The zero-order chi connectivity index (χ0) is 12.1. The highest BCUT2D eigenvalue weighted by Crippen LogP contribution is 2.21. The number of hydrogen-bond acceptors (Lipinski definition) is 3. The number of rotatable bonds is 4. The van der Waals surface area contributed by atoms with Crippen molar-refractivity contribution < 1.29 is 9.32 Å². The Balaban J connectivity index is 2.11. The minimum atomic E-state index is -0.147. The zero-order valence-electron chi connectivity index (χ0n) is 9.59. The maximum atomic E-state index is 12.1. The molecule has 0 saturated heterocycles. The highest BCUT2D eigenvalue weighted by molar-refractivity contribution is 5.95. The van der Waals surface area contributed by atoms with Gasteiger partial charge in [-0.1, -0.05) is 42.4 Å². The minimum absolute atomic E-state index is 0.0399. The highest BCUT2D eigenvalue weighted by Gasteiger charge is 2.18. The van der Waals surface area contributed by atoms with Crippen LogP contribution in [0.2, 0.25) is 0 Å². The minimum Gasteiger partial charge on any atom is -0.363 e. The molecule has 1 atom stereocenters. The second kappa shape index (κ2) is 5.30. The molecular weight excluding hydrogens is 216 g/mol. The first-order chi connectivity index (χ1) is 8.31. The molecule has 0 fully saturated rings. The highest BCUT2D eigenvalue weighted by atomic mass is 16.5. The Hall–Kier alpha value is -2.10. The summed E-state index contributed by atoms with van der Waals surface area (Å²) in [5, 5.41) is 6.32. The molecule has 17 heavy (non-hydrogen) atoms. The Morgan fingerprint density at radius 2 is 2.18 bits per heavy atom. The molecule has 0 aliphatic heterocycles. The van der Waals surface area contributed by atoms with Gasteiger partial charge in [0.05, 0.1) is 12.1 Å². The van der Waals surface area contributed by atoms with Crippen LogP contribution in [0, 0.1) is 0 Å². The van der Waals surface area contributed by atoms with E-state index in [4.69, 9.17) is 0 Å². The lowest BCUT2D eigenvalue weighted by molar-refractivity contribution is -0.117. The smallest absolute Gasteiger partial charge is 0.232 e. The van der Waals surface area contributed by atoms with Crippen LogP contribution in [0.3, 0.4) is 0 Å². The molecule has 0 bridgehead atoms. The van der Waals surface area contributed by atoms with Gasteiger partial charge < -0.3 is 9.84 Å². The topological polar surface area (TPSA) is 55.1 Å². The van der Waals surface area contributed by atoms with Crippen molar-refractivity contribution >= 4 is 11.6 Å². The van der Waals surface area contributed by atoms with Crippen molar-refractivity contribution in [2.75, 3.05) is 5.32 Å². The Labute approximate surface area is 99.6 Å².